The van der Waals surface area contributed by atoms with Gasteiger partial charge in [0.1, 0.15) is 5.82 Å². The molecule has 6 heteroatoms. The van der Waals surface area contributed by atoms with Gasteiger partial charge in [-0.3, -0.25) is 15.5 Å². The molecule has 2 aromatic rings. The zero-order valence-corrected chi connectivity index (χ0v) is 11.2. The van der Waals surface area contributed by atoms with Crippen LogP contribution in [0.15, 0.2) is 53.6 Å². The van der Waals surface area contributed by atoms with Gasteiger partial charge in [0.05, 0.1) is 10.6 Å². The van der Waals surface area contributed by atoms with Crippen LogP contribution in [0.25, 0.3) is 0 Å². The van der Waals surface area contributed by atoms with Crippen LogP contribution in [-0.4, -0.2) is 11.1 Å². The number of rotatable bonds is 6. The van der Waals surface area contributed by atoms with E-state index in [9.17, 15) is 14.5 Å². The molecule has 5 nitrogen and oxygen atoms in total. The number of hydrazone groups is 1. The van der Waals surface area contributed by atoms with Crippen molar-refractivity contribution in [1.82, 2.24) is 0 Å². The van der Waals surface area contributed by atoms with E-state index in [2.05, 4.69) is 10.5 Å². The molecule has 0 saturated carbocycles. The Hall–Kier alpha value is -2.76. The van der Waals surface area contributed by atoms with E-state index < -0.39 is 4.92 Å². The summed E-state index contributed by atoms with van der Waals surface area (Å²) in [6.45, 7) is 0. The van der Waals surface area contributed by atoms with E-state index in [0.717, 1.165) is 12.0 Å². The molecule has 0 amide bonds. The zero-order valence-electron chi connectivity index (χ0n) is 11.2. The van der Waals surface area contributed by atoms with Gasteiger partial charge in [-0.25, -0.2) is 4.39 Å². The first kappa shape index (κ1) is 14.6. The summed E-state index contributed by atoms with van der Waals surface area (Å²) in [6, 6.07) is 12.4. The van der Waals surface area contributed by atoms with Crippen LogP contribution < -0.4 is 5.43 Å². The van der Waals surface area contributed by atoms with Crippen LogP contribution in [0.2, 0.25) is 0 Å². The minimum Gasteiger partial charge on any atom is -0.279 e. The van der Waals surface area contributed by atoms with Crippen molar-refractivity contribution in [2.45, 2.75) is 12.8 Å². The van der Waals surface area contributed by atoms with Gasteiger partial charge in [-0.15, -0.1) is 0 Å². The average molecular weight is 287 g/mol. The first-order valence-corrected chi connectivity index (χ1v) is 6.41. The summed E-state index contributed by atoms with van der Waals surface area (Å²) in [7, 11) is 0. The number of halogens is 1. The molecule has 0 atom stereocenters. The lowest BCUT2D eigenvalue weighted by atomic mass is 10.1. The van der Waals surface area contributed by atoms with E-state index in [0.29, 0.717) is 12.1 Å². The molecule has 0 unspecified atom stereocenters. The molecular weight excluding hydrogens is 273 g/mol. The molecule has 0 aliphatic rings. The van der Waals surface area contributed by atoms with Crippen LogP contribution in [0.5, 0.6) is 0 Å². The lowest BCUT2D eigenvalue weighted by molar-refractivity contribution is -0.384. The van der Waals surface area contributed by atoms with Crippen molar-refractivity contribution in [3.05, 3.63) is 70.0 Å². The van der Waals surface area contributed by atoms with Crippen molar-refractivity contribution in [2.24, 2.45) is 5.10 Å². The maximum Gasteiger partial charge on any atom is 0.269 e. The van der Waals surface area contributed by atoms with Gasteiger partial charge < -0.3 is 0 Å². The van der Waals surface area contributed by atoms with Crippen molar-refractivity contribution in [3.8, 4) is 0 Å². The lowest BCUT2D eigenvalue weighted by Crippen LogP contribution is -1.92. The molecule has 0 spiro atoms. The first-order valence-electron chi connectivity index (χ1n) is 6.41. The van der Waals surface area contributed by atoms with Crippen LogP contribution in [0.1, 0.15) is 12.0 Å². The third-order valence-electron chi connectivity index (χ3n) is 2.84. The largest absolute Gasteiger partial charge is 0.279 e. The Bertz CT molecular complexity index is 624. The average Bonchev–Trinajstić information content (AvgIpc) is 2.49. The number of hydrogen-bond acceptors (Lipinski definition) is 4. The Morgan fingerprint density at radius 3 is 2.43 bits per heavy atom. The summed E-state index contributed by atoms with van der Waals surface area (Å²) >= 11 is 0. The van der Waals surface area contributed by atoms with Gasteiger partial charge in [0.2, 0.25) is 0 Å². The minimum absolute atomic E-state index is 0.0424. The highest BCUT2D eigenvalue weighted by Crippen LogP contribution is 2.15. The smallest absolute Gasteiger partial charge is 0.269 e. The van der Waals surface area contributed by atoms with Crippen molar-refractivity contribution in [3.63, 3.8) is 0 Å². The van der Waals surface area contributed by atoms with E-state index >= 15 is 0 Å². The molecule has 2 rings (SSSR count). The van der Waals surface area contributed by atoms with Crippen LogP contribution in [0.4, 0.5) is 15.8 Å². The summed E-state index contributed by atoms with van der Waals surface area (Å²) in [5, 5.41) is 14.5. The normalized spacial score (nSPS) is 10.7. The van der Waals surface area contributed by atoms with Gasteiger partial charge in [-0.1, -0.05) is 12.1 Å². The number of nitro groups is 1. The molecule has 108 valence electrons. The Kier molecular flexibility index (Phi) is 4.98. The molecule has 0 aliphatic carbocycles. The first-order chi connectivity index (χ1) is 10.1. The van der Waals surface area contributed by atoms with E-state index in [1.165, 1.54) is 24.3 Å². The van der Waals surface area contributed by atoms with Crippen LogP contribution in [-0.2, 0) is 6.42 Å². The number of nitrogens with one attached hydrogen (secondary N) is 1. The third kappa shape index (κ3) is 4.68. The number of nitrogens with zero attached hydrogens (tertiary/aromatic N) is 2. The highest BCUT2D eigenvalue weighted by molar-refractivity contribution is 5.60. The number of aryl methyl sites for hydroxylation is 1. The van der Waals surface area contributed by atoms with Gasteiger partial charge in [-0.05, 0) is 42.7 Å². The minimum atomic E-state index is -0.449. The van der Waals surface area contributed by atoms with Crippen LogP contribution in [0, 0.1) is 15.9 Å². The predicted octanol–water partition coefficient (Wildman–Crippen LogP) is 3.76. The SMILES string of the molecule is O=[N+]([O-])c1ccc(N/N=C/CCc2ccc(F)cc2)cc1. The summed E-state index contributed by atoms with van der Waals surface area (Å²) in [6.07, 6.45) is 3.20. The van der Waals surface area contributed by atoms with Crippen molar-refractivity contribution < 1.29 is 9.31 Å². The molecule has 1 N–H and O–H groups in total. The second-order valence-electron chi connectivity index (χ2n) is 4.39. The number of anilines is 1. The zero-order chi connectivity index (χ0) is 15.1. The van der Waals surface area contributed by atoms with Crippen LogP contribution >= 0.6 is 0 Å². The second-order valence-corrected chi connectivity index (χ2v) is 4.39. The Morgan fingerprint density at radius 2 is 1.81 bits per heavy atom. The van der Waals surface area contributed by atoms with Gasteiger partial charge in [-0.2, -0.15) is 5.10 Å². The molecule has 0 aliphatic heterocycles. The quantitative estimate of drug-likeness (QED) is 0.499. The highest BCUT2D eigenvalue weighted by atomic mass is 19.1. The van der Waals surface area contributed by atoms with Gasteiger partial charge >= 0.3 is 0 Å². The molecule has 0 bridgehead atoms. The van der Waals surface area contributed by atoms with E-state index in [1.807, 2.05) is 0 Å². The molecule has 0 fully saturated rings. The standard InChI is InChI=1S/C15H14FN3O2/c16-13-5-3-12(4-6-13)2-1-11-17-18-14-7-9-15(10-8-14)19(20)21/h3-11,18H,1-2H2/b17-11+. The molecular formula is C15H14FN3O2. The van der Waals surface area contributed by atoms with Gasteiger partial charge in [0, 0.05) is 18.3 Å². The molecule has 0 saturated heterocycles. The van der Waals surface area contributed by atoms with Crippen molar-refractivity contribution in [2.75, 3.05) is 5.43 Å². The molecule has 0 heterocycles. The monoisotopic (exact) mass is 287 g/mol. The maximum atomic E-state index is 12.7. The van der Waals surface area contributed by atoms with Crippen molar-refractivity contribution >= 4 is 17.6 Å². The van der Waals surface area contributed by atoms with E-state index in [4.69, 9.17) is 0 Å². The topological polar surface area (TPSA) is 67.5 Å². The second kappa shape index (κ2) is 7.14. The number of non-ortho nitro benzene ring substituents is 1. The summed E-state index contributed by atoms with van der Waals surface area (Å²) in [5.41, 5.74) is 4.55. The molecule has 2 aromatic carbocycles. The summed E-state index contributed by atoms with van der Waals surface area (Å²) < 4.78 is 12.7. The number of hydrogen-bond donors (Lipinski definition) is 1. The van der Waals surface area contributed by atoms with Crippen LogP contribution in [0.3, 0.4) is 0 Å². The fourth-order valence-corrected chi connectivity index (χ4v) is 1.72. The Balaban J connectivity index is 1.77. The maximum absolute atomic E-state index is 12.7. The summed E-state index contributed by atoms with van der Waals surface area (Å²) in [4.78, 5) is 10.1. The van der Waals surface area contributed by atoms with Crippen molar-refractivity contribution in [1.29, 1.82) is 0 Å². The third-order valence-corrected chi connectivity index (χ3v) is 2.84. The Labute approximate surface area is 121 Å². The highest BCUT2D eigenvalue weighted by Gasteiger charge is 2.02. The van der Waals surface area contributed by atoms with E-state index in [1.54, 1.807) is 30.5 Å². The summed E-state index contributed by atoms with van der Waals surface area (Å²) in [5.74, 6) is -0.243. The Morgan fingerprint density at radius 1 is 1.14 bits per heavy atom. The number of nitro benzene ring substituents is 1. The van der Waals surface area contributed by atoms with Gasteiger partial charge in [0.15, 0.2) is 0 Å². The molecule has 0 aromatic heterocycles. The fourth-order valence-electron chi connectivity index (χ4n) is 1.72. The lowest BCUT2D eigenvalue weighted by Gasteiger charge is -2.00. The predicted molar refractivity (Wildman–Crippen MR) is 79.9 cm³/mol. The van der Waals surface area contributed by atoms with E-state index in [-0.39, 0.29) is 11.5 Å². The number of benzene rings is 2. The fraction of sp³-hybridized carbons (Fsp3) is 0.133. The van der Waals surface area contributed by atoms with Gasteiger partial charge in [0.25, 0.3) is 5.69 Å². The molecule has 21 heavy (non-hydrogen) atoms. The molecule has 0 radical (unpaired) electrons.